The van der Waals surface area contributed by atoms with Gasteiger partial charge < -0.3 is 14.4 Å². The van der Waals surface area contributed by atoms with Gasteiger partial charge in [-0.25, -0.2) is 0 Å². The Bertz CT molecular complexity index is 4280. The zero-order chi connectivity index (χ0) is 48.2. The van der Waals surface area contributed by atoms with E-state index in [1.165, 1.54) is 76.0 Å². The molecule has 0 N–H and O–H groups in total. The van der Waals surface area contributed by atoms with E-state index in [4.69, 9.17) is 0 Å². The Hall–Kier alpha value is -9.70. The van der Waals surface area contributed by atoms with E-state index < -0.39 is 0 Å². The minimum atomic E-state index is 1.08. The number of hydrogen-bond acceptors (Lipinski definition) is 2. The lowest BCUT2D eigenvalue weighted by atomic mass is 9.93. The van der Waals surface area contributed by atoms with Gasteiger partial charge in [-0.05, 0) is 157 Å². The van der Waals surface area contributed by atoms with Gasteiger partial charge in [-0.1, -0.05) is 188 Å². The molecule has 0 amide bonds. The molecular formula is C70H47N3. The van der Waals surface area contributed by atoms with Crippen molar-refractivity contribution in [2.24, 2.45) is 0 Å². The number of nitrogens with zero attached hydrogens (tertiary/aromatic N) is 3. The van der Waals surface area contributed by atoms with Gasteiger partial charge in [0.05, 0.1) is 16.7 Å². The SMILES string of the molecule is c1ccc(N(c2ccccc2)c2ccc(-c3ccc(N(c4ccc5c6ccccc6c6ccccc6c5c4)c4ccc(-c5ccc6c(c5)c5ccccc5n6-c5ccccc5)c5ccccc45)cc3)cc2)cc1. The molecular weight excluding hydrogens is 883 g/mol. The number of hydrogen-bond donors (Lipinski definition) is 0. The molecule has 0 bridgehead atoms. The van der Waals surface area contributed by atoms with Crippen molar-refractivity contribution in [1.82, 2.24) is 4.57 Å². The summed E-state index contributed by atoms with van der Waals surface area (Å²) in [4.78, 5) is 4.76. The van der Waals surface area contributed by atoms with E-state index in [1.54, 1.807) is 0 Å². The molecule has 0 unspecified atom stereocenters. The Morgan fingerprint density at radius 1 is 0.219 bits per heavy atom. The lowest BCUT2D eigenvalue weighted by Gasteiger charge is -2.28. The second kappa shape index (κ2) is 17.6. The molecule has 3 nitrogen and oxygen atoms in total. The third-order valence-electron chi connectivity index (χ3n) is 14.7. The molecule has 73 heavy (non-hydrogen) atoms. The van der Waals surface area contributed by atoms with Crippen molar-refractivity contribution in [3.8, 4) is 27.9 Å². The normalized spacial score (nSPS) is 11.6. The minimum absolute atomic E-state index is 1.08. The molecule has 0 saturated heterocycles. The number of rotatable bonds is 9. The number of para-hydroxylation sites is 4. The van der Waals surface area contributed by atoms with Crippen molar-refractivity contribution >= 4 is 99.0 Å². The van der Waals surface area contributed by atoms with E-state index in [0.29, 0.717) is 0 Å². The summed E-state index contributed by atoms with van der Waals surface area (Å²) in [6, 6.07) is 104. The highest BCUT2D eigenvalue weighted by molar-refractivity contribution is 6.26. The fraction of sp³-hybridized carbons (Fsp3) is 0. The summed E-state index contributed by atoms with van der Waals surface area (Å²) < 4.78 is 2.38. The molecule has 342 valence electrons. The summed E-state index contributed by atoms with van der Waals surface area (Å²) in [5, 5.41) is 12.4. The smallest absolute Gasteiger partial charge is 0.0541 e. The van der Waals surface area contributed by atoms with Gasteiger partial charge in [-0.15, -0.1) is 0 Å². The van der Waals surface area contributed by atoms with E-state index in [1.807, 2.05) is 0 Å². The zero-order valence-electron chi connectivity index (χ0n) is 40.0. The first-order valence-electron chi connectivity index (χ1n) is 25.1. The second-order valence-corrected chi connectivity index (χ2v) is 18.9. The summed E-state index contributed by atoms with van der Waals surface area (Å²) in [5.41, 5.74) is 14.9. The molecule has 1 aromatic heterocycles. The lowest BCUT2D eigenvalue weighted by Crippen LogP contribution is -2.11. The molecule has 14 rings (SSSR count). The van der Waals surface area contributed by atoms with E-state index in [0.717, 1.165) is 50.9 Å². The van der Waals surface area contributed by atoms with Gasteiger partial charge in [0.1, 0.15) is 0 Å². The topological polar surface area (TPSA) is 11.4 Å². The maximum atomic E-state index is 2.46. The molecule has 0 aliphatic rings. The van der Waals surface area contributed by atoms with Crippen LogP contribution in [0.25, 0.3) is 92.8 Å². The highest BCUT2D eigenvalue weighted by atomic mass is 15.1. The van der Waals surface area contributed by atoms with Gasteiger partial charge in [0.25, 0.3) is 0 Å². The Morgan fingerprint density at radius 2 is 0.644 bits per heavy atom. The number of fused-ring (bicyclic) bond motifs is 10. The van der Waals surface area contributed by atoms with Crippen LogP contribution in [-0.2, 0) is 0 Å². The van der Waals surface area contributed by atoms with Crippen LogP contribution in [0, 0.1) is 0 Å². The second-order valence-electron chi connectivity index (χ2n) is 18.9. The third-order valence-corrected chi connectivity index (χ3v) is 14.7. The van der Waals surface area contributed by atoms with Crippen LogP contribution in [0.15, 0.2) is 285 Å². The maximum Gasteiger partial charge on any atom is 0.0541 e. The largest absolute Gasteiger partial charge is 0.311 e. The molecule has 0 aliphatic carbocycles. The van der Waals surface area contributed by atoms with Crippen LogP contribution < -0.4 is 9.80 Å². The molecule has 13 aromatic carbocycles. The summed E-state index contributed by atoms with van der Waals surface area (Å²) in [7, 11) is 0. The van der Waals surface area contributed by atoms with E-state index >= 15 is 0 Å². The van der Waals surface area contributed by atoms with Crippen molar-refractivity contribution in [3.63, 3.8) is 0 Å². The molecule has 1 heterocycles. The van der Waals surface area contributed by atoms with Crippen molar-refractivity contribution in [1.29, 1.82) is 0 Å². The quantitative estimate of drug-likeness (QED) is 0.134. The molecule has 0 fully saturated rings. The summed E-state index contributed by atoms with van der Waals surface area (Å²) in [5.74, 6) is 0. The molecule has 0 radical (unpaired) electrons. The van der Waals surface area contributed by atoms with Crippen molar-refractivity contribution < 1.29 is 0 Å². The average Bonchev–Trinajstić information content (AvgIpc) is 3.80. The Morgan fingerprint density at radius 3 is 1.25 bits per heavy atom. The van der Waals surface area contributed by atoms with Crippen LogP contribution in [0.4, 0.5) is 34.1 Å². The lowest BCUT2D eigenvalue weighted by molar-refractivity contribution is 1.18. The van der Waals surface area contributed by atoms with Gasteiger partial charge in [0, 0.05) is 50.3 Å². The average molecular weight is 930 g/mol. The standard InChI is InChI=1S/C70H47N3/c1-4-18-51(19-5-1)71(52-20-6-2-7-21-52)54-37-32-48(33-38-54)49-34-39-55(40-35-49)72(56-41-42-63-61-27-11-10-25-59(61)60-26-12-13-28-62(60)66(63)47-56)69-45-43-57(58-24-14-15-29-64(58)69)50-36-44-70-67(46-50)65-30-16-17-31-68(65)73(70)53-22-8-3-9-23-53/h1-47H. The van der Waals surface area contributed by atoms with Gasteiger partial charge in [0.2, 0.25) is 0 Å². The minimum Gasteiger partial charge on any atom is -0.311 e. The highest BCUT2D eigenvalue weighted by Crippen LogP contribution is 2.46. The zero-order valence-corrected chi connectivity index (χ0v) is 40.0. The Kier molecular flexibility index (Phi) is 10.2. The third kappa shape index (κ3) is 7.21. The maximum absolute atomic E-state index is 2.46. The monoisotopic (exact) mass is 929 g/mol. The van der Waals surface area contributed by atoms with Crippen molar-refractivity contribution in [2.75, 3.05) is 9.80 Å². The van der Waals surface area contributed by atoms with Crippen LogP contribution in [0.2, 0.25) is 0 Å². The van der Waals surface area contributed by atoms with E-state index in [2.05, 4.69) is 299 Å². The molecule has 0 aliphatic heterocycles. The van der Waals surface area contributed by atoms with Gasteiger partial charge in [0.15, 0.2) is 0 Å². The van der Waals surface area contributed by atoms with Gasteiger partial charge in [-0.2, -0.15) is 0 Å². The summed E-state index contributed by atoms with van der Waals surface area (Å²) >= 11 is 0. The van der Waals surface area contributed by atoms with Crippen LogP contribution in [0.3, 0.4) is 0 Å². The van der Waals surface area contributed by atoms with Crippen molar-refractivity contribution in [3.05, 3.63) is 285 Å². The number of benzene rings is 13. The molecule has 3 heteroatoms. The van der Waals surface area contributed by atoms with Gasteiger partial charge in [-0.3, -0.25) is 0 Å². The molecule has 0 spiro atoms. The van der Waals surface area contributed by atoms with E-state index in [9.17, 15) is 0 Å². The number of aromatic nitrogens is 1. The Labute approximate surface area is 424 Å². The van der Waals surface area contributed by atoms with Crippen LogP contribution >= 0.6 is 0 Å². The summed E-state index contributed by atoms with van der Waals surface area (Å²) in [6.45, 7) is 0. The van der Waals surface area contributed by atoms with Crippen LogP contribution in [0.1, 0.15) is 0 Å². The number of anilines is 6. The predicted molar refractivity (Wildman–Crippen MR) is 311 cm³/mol. The highest BCUT2D eigenvalue weighted by Gasteiger charge is 2.21. The van der Waals surface area contributed by atoms with Crippen molar-refractivity contribution in [2.45, 2.75) is 0 Å². The van der Waals surface area contributed by atoms with E-state index in [-0.39, 0.29) is 0 Å². The first kappa shape index (κ1) is 42.2. The Balaban J connectivity index is 0.912. The summed E-state index contributed by atoms with van der Waals surface area (Å²) in [6.07, 6.45) is 0. The van der Waals surface area contributed by atoms with Gasteiger partial charge >= 0.3 is 0 Å². The first-order valence-corrected chi connectivity index (χ1v) is 25.1. The fourth-order valence-corrected chi connectivity index (χ4v) is 11.4. The predicted octanol–water partition coefficient (Wildman–Crippen LogP) is 19.7. The molecule has 0 saturated carbocycles. The first-order chi connectivity index (χ1) is 36.2. The fourth-order valence-electron chi connectivity index (χ4n) is 11.4. The molecule has 0 atom stereocenters. The van der Waals surface area contributed by atoms with Crippen LogP contribution in [0.5, 0.6) is 0 Å². The van der Waals surface area contributed by atoms with Crippen LogP contribution in [-0.4, -0.2) is 4.57 Å². The molecule has 14 aromatic rings.